The van der Waals surface area contributed by atoms with Gasteiger partial charge in [0.15, 0.2) is 6.61 Å². The number of fused-ring (bicyclic) bond motifs is 4. The fraction of sp³-hybridized carbons (Fsp3) is 0.304. The fourth-order valence-electron chi connectivity index (χ4n) is 4.09. The Bertz CT molecular complexity index is 1100. The fourth-order valence-corrected chi connectivity index (χ4v) is 4.09. The number of ether oxygens (including phenoxy) is 2. The Kier molecular flexibility index (Phi) is 4.46. The lowest BCUT2D eigenvalue weighted by Crippen LogP contribution is -2.40. The van der Waals surface area contributed by atoms with E-state index in [1.54, 1.807) is 11.0 Å². The van der Waals surface area contributed by atoms with E-state index < -0.39 is 0 Å². The summed E-state index contributed by atoms with van der Waals surface area (Å²) in [7, 11) is 0. The molecule has 0 fully saturated rings. The van der Waals surface area contributed by atoms with Crippen LogP contribution in [0.1, 0.15) is 30.6 Å². The highest BCUT2D eigenvalue weighted by atomic mass is 16.5. The van der Waals surface area contributed by atoms with Gasteiger partial charge in [0.1, 0.15) is 22.8 Å². The molecule has 1 aliphatic carbocycles. The molecular formula is C23H21NO5. The number of carbonyl (C=O) groups excluding carboxylic acids is 2. The summed E-state index contributed by atoms with van der Waals surface area (Å²) in [5.74, 6) is 1.67. The van der Waals surface area contributed by atoms with E-state index in [1.165, 1.54) is 5.56 Å². The van der Waals surface area contributed by atoms with E-state index in [2.05, 4.69) is 0 Å². The topological polar surface area (TPSA) is 69.0 Å². The molecule has 0 radical (unpaired) electrons. The van der Waals surface area contributed by atoms with Crippen LogP contribution in [0.15, 0.2) is 46.9 Å². The molecule has 5 rings (SSSR count). The number of hydrogen-bond acceptors (Lipinski definition) is 5. The number of aryl methyl sites for hydroxylation is 2. The molecule has 29 heavy (non-hydrogen) atoms. The van der Waals surface area contributed by atoms with Crippen molar-refractivity contribution in [1.82, 2.24) is 0 Å². The van der Waals surface area contributed by atoms with Gasteiger partial charge >= 0.3 is 5.97 Å². The van der Waals surface area contributed by atoms with Crippen LogP contribution in [0.3, 0.4) is 0 Å². The van der Waals surface area contributed by atoms with Crippen LogP contribution in [-0.2, 0) is 22.4 Å². The molecule has 6 heteroatoms. The van der Waals surface area contributed by atoms with Gasteiger partial charge in [-0.05, 0) is 49.6 Å². The number of furan rings is 1. The molecule has 1 aromatic heterocycles. The molecule has 3 aromatic rings. The van der Waals surface area contributed by atoms with Gasteiger partial charge in [-0.3, -0.25) is 9.59 Å². The average molecular weight is 391 g/mol. The van der Waals surface area contributed by atoms with E-state index >= 15 is 0 Å². The highest BCUT2D eigenvalue weighted by Crippen LogP contribution is 2.34. The van der Waals surface area contributed by atoms with Gasteiger partial charge in [-0.15, -0.1) is 0 Å². The van der Waals surface area contributed by atoms with Crippen LogP contribution >= 0.6 is 0 Å². The molecule has 0 bridgehead atoms. The predicted octanol–water partition coefficient (Wildman–Crippen LogP) is 4.03. The van der Waals surface area contributed by atoms with E-state index in [0.717, 1.165) is 42.4 Å². The van der Waals surface area contributed by atoms with E-state index in [4.69, 9.17) is 13.9 Å². The Morgan fingerprint density at radius 1 is 1.10 bits per heavy atom. The first-order valence-corrected chi connectivity index (χ1v) is 9.96. The maximum atomic E-state index is 12.4. The van der Waals surface area contributed by atoms with Crippen molar-refractivity contribution in [3.8, 4) is 11.5 Å². The summed E-state index contributed by atoms with van der Waals surface area (Å²) < 4.78 is 16.9. The summed E-state index contributed by atoms with van der Waals surface area (Å²) in [6.07, 6.45) is 4.37. The van der Waals surface area contributed by atoms with Gasteiger partial charge in [0.2, 0.25) is 0 Å². The van der Waals surface area contributed by atoms with Crippen LogP contribution in [-0.4, -0.2) is 25.0 Å². The van der Waals surface area contributed by atoms with Crippen LogP contribution in [0.5, 0.6) is 11.5 Å². The molecule has 6 nitrogen and oxygen atoms in total. The zero-order chi connectivity index (χ0) is 19.8. The van der Waals surface area contributed by atoms with Gasteiger partial charge in [-0.25, -0.2) is 0 Å². The van der Waals surface area contributed by atoms with E-state index in [-0.39, 0.29) is 31.4 Å². The monoisotopic (exact) mass is 391 g/mol. The molecule has 0 saturated heterocycles. The predicted molar refractivity (Wildman–Crippen MR) is 107 cm³/mol. The highest BCUT2D eigenvalue weighted by molar-refractivity contribution is 5.98. The smallest absolute Gasteiger partial charge is 0.312 e. The Morgan fingerprint density at radius 2 is 1.97 bits per heavy atom. The summed E-state index contributed by atoms with van der Waals surface area (Å²) in [5.41, 5.74) is 2.76. The Balaban J connectivity index is 1.28. The zero-order valence-electron chi connectivity index (χ0n) is 16.0. The van der Waals surface area contributed by atoms with Gasteiger partial charge < -0.3 is 18.8 Å². The molecule has 2 aliphatic rings. The third kappa shape index (κ3) is 3.35. The summed E-state index contributed by atoms with van der Waals surface area (Å²) in [5, 5.41) is 1.03. The number of benzene rings is 2. The number of anilines is 1. The first-order chi connectivity index (χ1) is 14.2. The SMILES string of the molecule is O=C(CCN1C(=O)COc2ccccc21)Oc1ccc2oc3c(c2c1)CCCC3. The Hall–Kier alpha value is -3.28. The first-order valence-electron chi connectivity index (χ1n) is 9.96. The largest absolute Gasteiger partial charge is 0.482 e. The van der Waals surface area contributed by atoms with Crippen molar-refractivity contribution in [2.45, 2.75) is 32.1 Å². The molecule has 0 unspecified atom stereocenters. The quantitative estimate of drug-likeness (QED) is 0.496. The molecular weight excluding hydrogens is 370 g/mol. The number of amides is 1. The maximum Gasteiger partial charge on any atom is 0.312 e. The second kappa shape index (κ2) is 7.28. The number of para-hydroxylation sites is 2. The standard InChI is InChI=1S/C23H21NO5/c25-22-14-27-21-8-4-2-6-18(21)24(22)12-11-23(26)28-15-9-10-20-17(13-15)16-5-1-3-7-19(16)29-20/h2,4,6,8-10,13H,1,3,5,7,11-12,14H2. The molecule has 148 valence electrons. The molecule has 0 atom stereocenters. The van der Waals surface area contributed by atoms with Crippen LogP contribution in [0.2, 0.25) is 0 Å². The third-order valence-electron chi connectivity index (χ3n) is 5.51. The molecule has 1 aliphatic heterocycles. The van der Waals surface area contributed by atoms with E-state index in [0.29, 0.717) is 17.2 Å². The van der Waals surface area contributed by atoms with Crippen LogP contribution in [0.4, 0.5) is 5.69 Å². The Morgan fingerprint density at radius 3 is 2.90 bits per heavy atom. The van der Waals surface area contributed by atoms with E-state index in [1.807, 2.05) is 36.4 Å². The first kappa shape index (κ1) is 17.8. The molecule has 2 aromatic carbocycles. The summed E-state index contributed by atoms with van der Waals surface area (Å²) in [6.45, 7) is 0.232. The number of hydrogen-bond donors (Lipinski definition) is 0. The molecule has 1 amide bonds. The van der Waals surface area contributed by atoms with Crippen LogP contribution < -0.4 is 14.4 Å². The third-order valence-corrected chi connectivity index (χ3v) is 5.51. The minimum Gasteiger partial charge on any atom is -0.482 e. The lowest BCUT2D eigenvalue weighted by atomic mass is 9.96. The second-order valence-corrected chi connectivity index (χ2v) is 7.39. The van der Waals surface area contributed by atoms with Gasteiger partial charge in [-0.2, -0.15) is 0 Å². The number of carbonyl (C=O) groups is 2. The van der Waals surface area contributed by atoms with Gasteiger partial charge in [-0.1, -0.05) is 12.1 Å². The lowest BCUT2D eigenvalue weighted by molar-refractivity contribution is -0.134. The highest BCUT2D eigenvalue weighted by Gasteiger charge is 2.26. The number of rotatable bonds is 4. The van der Waals surface area contributed by atoms with Gasteiger partial charge in [0, 0.05) is 23.9 Å². The molecule has 2 heterocycles. The van der Waals surface area contributed by atoms with Gasteiger partial charge in [0.05, 0.1) is 12.1 Å². The van der Waals surface area contributed by atoms with Crippen molar-refractivity contribution >= 4 is 28.5 Å². The van der Waals surface area contributed by atoms with Crippen molar-refractivity contribution in [3.05, 3.63) is 53.8 Å². The minimum atomic E-state index is -0.376. The van der Waals surface area contributed by atoms with Crippen molar-refractivity contribution in [2.24, 2.45) is 0 Å². The van der Waals surface area contributed by atoms with Gasteiger partial charge in [0.25, 0.3) is 5.91 Å². The Labute approximate surface area is 168 Å². The number of nitrogens with zero attached hydrogens (tertiary/aromatic N) is 1. The second-order valence-electron chi connectivity index (χ2n) is 7.39. The molecule has 0 spiro atoms. The van der Waals surface area contributed by atoms with Crippen molar-refractivity contribution in [1.29, 1.82) is 0 Å². The van der Waals surface area contributed by atoms with E-state index in [9.17, 15) is 9.59 Å². The normalized spacial score (nSPS) is 15.6. The number of esters is 1. The summed E-state index contributed by atoms with van der Waals surface area (Å²) in [4.78, 5) is 26.2. The summed E-state index contributed by atoms with van der Waals surface area (Å²) >= 11 is 0. The summed E-state index contributed by atoms with van der Waals surface area (Å²) in [6, 6.07) is 12.8. The van der Waals surface area contributed by atoms with Crippen molar-refractivity contribution < 1.29 is 23.5 Å². The molecule has 0 saturated carbocycles. The minimum absolute atomic E-state index is 0.0195. The lowest BCUT2D eigenvalue weighted by Gasteiger charge is -2.28. The van der Waals surface area contributed by atoms with Crippen LogP contribution in [0.25, 0.3) is 11.0 Å². The average Bonchev–Trinajstić information content (AvgIpc) is 3.11. The van der Waals surface area contributed by atoms with Crippen molar-refractivity contribution in [2.75, 3.05) is 18.1 Å². The van der Waals surface area contributed by atoms with Crippen molar-refractivity contribution in [3.63, 3.8) is 0 Å². The maximum absolute atomic E-state index is 12.4. The van der Waals surface area contributed by atoms with Crippen LogP contribution in [0, 0.1) is 0 Å². The molecule has 0 N–H and O–H groups in total. The zero-order valence-corrected chi connectivity index (χ0v) is 16.0.